The van der Waals surface area contributed by atoms with Gasteiger partial charge in [0.15, 0.2) is 0 Å². The summed E-state index contributed by atoms with van der Waals surface area (Å²) in [5.74, 6) is 0.333. The van der Waals surface area contributed by atoms with Crippen LogP contribution in [0.4, 0.5) is 5.82 Å². The summed E-state index contributed by atoms with van der Waals surface area (Å²) in [6.07, 6.45) is 1.60. The number of imidazole rings is 1. The van der Waals surface area contributed by atoms with Crippen molar-refractivity contribution in [3.63, 3.8) is 0 Å². The van der Waals surface area contributed by atoms with E-state index in [9.17, 15) is 4.79 Å². The number of para-hydroxylation sites is 2. The monoisotopic (exact) mass is 226 g/mol. The molecule has 3 aromatic rings. The Balaban J connectivity index is 2.42. The third kappa shape index (κ3) is 1.40. The number of anilines is 1. The zero-order valence-electron chi connectivity index (χ0n) is 8.92. The van der Waals surface area contributed by atoms with Gasteiger partial charge in [0.25, 0.3) is 0 Å². The zero-order chi connectivity index (χ0) is 11.8. The Hall–Kier alpha value is -2.56. The van der Waals surface area contributed by atoms with Crippen molar-refractivity contribution >= 4 is 16.9 Å². The van der Waals surface area contributed by atoms with E-state index >= 15 is 0 Å². The second-order valence-electron chi connectivity index (χ2n) is 3.69. The molecule has 0 fully saturated rings. The minimum absolute atomic E-state index is 0.217. The molecule has 2 aromatic heterocycles. The number of hydrogen-bond acceptors (Lipinski definition) is 3. The number of hydrogen-bond donors (Lipinski definition) is 2. The van der Waals surface area contributed by atoms with Crippen molar-refractivity contribution in [1.29, 1.82) is 0 Å². The SMILES string of the molecule is Nc1ncccc1-n1c(=O)[nH]c2ccccc21. The lowest BCUT2D eigenvalue weighted by molar-refractivity contribution is 1.01. The van der Waals surface area contributed by atoms with Gasteiger partial charge in [-0.1, -0.05) is 12.1 Å². The fourth-order valence-corrected chi connectivity index (χ4v) is 1.89. The summed E-state index contributed by atoms with van der Waals surface area (Å²) in [5.41, 5.74) is 7.73. The Bertz CT molecular complexity index is 741. The summed E-state index contributed by atoms with van der Waals surface area (Å²) in [5, 5.41) is 0. The molecule has 17 heavy (non-hydrogen) atoms. The van der Waals surface area contributed by atoms with Gasteiger partial charge in [0.1, 0.15) is 5.82 Å². The Morgan fingerprint density at radius 3 is 2.82 bits per heavy atom. The Morgan fingerprint density at radius 2 is 2.00 bits per heavy atom. The minimum Gasteiger partial charge on any atom is -0.382 e. The molecule has 0 amide bonds. The predicted octanol–water partition coefficient (Wildman–Crippen LogP) is 1.30. The Kier molecular flexibility index (Phi) is 1.98. The molecular weight excluding hydrogens is 216 g/mol. The minimum atomic E-state index is -0.217. The number of H-pyrrole nitrogens is 1. The van der Waals surface area contributed by atoms with Crippen molar-refractivity contribution in [2.75, 3.05) is 5.73 Å². The maximum atomic E-state index is 11.9. The topological polar surface area (TPSA) is 76.7 Å². The van der Waals surface area contributed by atoms with E-state index in [0.29, 0.717) is 11.5 Å². The lowest BCUT2D eigenvalue weighted by Gasteiger charge is -2.05. The lowest BCUT2D eigenvalue weighted by atomic mass is 10.3. The molecule has 0 bridgehead atoms. The summed E-state index contributed by atoms with van der Waals surface area (Å²) in [6, 6.07) is 11.0. The predicted molar refractivity (Wildman–Crippen MR) is 66.1 cm³/mol. The van der Waals surface area contributed by atoms with Gasteiger partial charge in [0.05, 0.1) is 16.7 Å². The largest absolute Gasteiger partial charge is 0.382 e. The highest BCUT2D eigenvalue weighted by Crippen LogP contribution is 2.17. The van der Waals surface area contributed by atoms with Crippen LogP contribution in [0.1, 0.15) is 0 Å². The number of pyridine rings is 1. The molecule has 0 aliphatic carbocycles. The first-order valence-electron chi connectivity index (χ1n) is 5.18. The third-order valence-corrected chi connectivity index (χ3v) is 2.65. The Labute approximate surface area is 96.5 Å². The number of aromatic amines is 1. The number of nitrogen functional groups attached to an aromatic ring is 1. The normalized spacial score (nSPS) is 10.8. The van der Waals surface area contributed by atoms with Crippen LogP contribution in [0.2, 0.25) is 0 Å². The number of nitrogens with one attached hydrogen (secondary N) is 1. The first kappa shape index (κ1) is 9.65. The standard InChI is InChI=1S/C12H10N4O/c13-11-10(6-3-7-14-11)16-9-5-2-1-4-8(9)15-12(16)17/h1-7H,(H2,13,14)(H,15,17). The highest BCUT2D eigenvalue weighted by Gasteiger charge is 2.10. The van der Waals surface area contributed by atoms with Crippen LogP contribution >= 0.6 is 0 Å². The molecule has 0 unspecified atom stereocenters. The lowest BCUT2D eigenvalue weighted by Crippen LogP contribution is -2.16. The number of fused-ring (bicyclic) bond motifs is 1. The van der Waals surface area contributed by atoms with Gasteiger partial charge in [-0.3, -0.25) is 4.57 Å². The van der Waals surface area contributed by atoms with Crippen LogP contribution in [0, 0.1) is 0 Å². The van der Waals surface area contributed by atoms with E-state index in [-0.39, 0.29) is 5.69 Å². The van der Waals surface area contributed by atoms with E-state index in [1.807, 2.05) is 24.3 Å². The van der Waals surface area contributed by atoms with Crippen LogP contribution < -0.4 is 11.4 Å². The highest BCUT2D eigenvalue weighted by atomic mass is 16.1. The molecule has 5 heteroatoms. The molecule has 0 aliphatic heterocycles. The van der Waals surface area contributed by atoms with Gasteiger partial charge in [-0.25, -0.2) is 9.78 Å². The van der Waals surface area contributed by atoms with Gasteiger partial charge < -0.3 is 10.7 Å². The molecule has 0 saturated carbocycles. The van der Waals surface area contributed by atoms with Crippen LogP contribution in [0.25, 0.3) is 16.7 Å². The first-order valence-corrected chi connectivity index (χ1v) is 5.18. The van der Waals surface area contributed by atoms with E-state index in [1.54, 1.807) is 18.3 Å². The van der Waals surface area contributed by atoms with Gasteiger partial charge in [-0.05, 0) is 24.3 Å². The molecule has 3 rings (SSSR count). The van der Waals surface area contributed by atoms with E-state index in [0.717, 1.165) is 11.0 Å². The molecule has 0 spiro atoms. The zero-order valence-corrected chi connectivity index (χ0v) is 8.92. The summed E-state index contributed by atoms with van der Waals surface area (Å²) >= 11 is 0. The van der Waals surface area contributed by atoms with Crippen LogP contribution in [-0.4, -0.2) is 14.5 Å². The van der Waals surface area contributed by atoms with Crippen molar-refractivity contribution < 1.29 is 0 Å². The van der Waals surface area contributed by atoms with Gasteiger partial charge in [-0.15, -0.1) is 0 Å². The second kappa shape index (κ2) is 3.48. The maximum Gasteiger partial charge on any atom is 0.331 e. The van der Waals surface area contributed by atoms with E-state index in [1.165, 1.54) is 4.57 Å². The van der Waals surface area contributed by atoms with Crippen LogP contribution in [-0.2, 0) is 0 Å². The number of nitrogens with two attached hydrogens (primary N) is 1. The van der Waals surface area contributed by atoms with Gasteiger partial charge in [0, 0.05) is 6.20 Å². The van der Waals surface area contributed by atoms with Crippen molar-refractivity contribution in [2.24, 2.45) is 0 Å². The first-order chi connectivity index (χ1) is 8.27. The van der Waals surface area contributed by atoms with Crippen molar-refractivity contribution in [3.8, 4) is 5.69 Å². The van der Waals surface area contributed by atoms with E-state index in [2.05, 4.69) is 9.97 Å². The van der Waals surface area contributed by atoms with Crippen molar-refractivity contribution in [2.45, 2.75) is 0 Å². The molecule has 0 saturated heterocycles. The number of aromatic nitrogens is 3. The number of nitrogens with zero attached hydrogens (tertiary/aromatic N) is 2. The maximum absolute atomic E-state index is 11.9. The van der Waals surface area contributed by atoms with Crippen molar-refractivity contribution in [1.82, 2.24) is 14.5 Å². The molecular formula is C12H10N4O. The molecule has 2 heterocycles. The van der Waals surface area contributed by atoms with E-state index < -0.39 is 0 Å². The smallest absolute Gasteiger partial charge is 0.331 e. The average molecular weight is 226 g/mol. The molecule has 84 valence electrons. The summed E-state index contributed by atoms with van der Waals surface area (Å²) < 4.78 is 1.53. The fourth-order valence-electron chi connectivity index (χ4n) is 1.89. The molecule has 0 aliphatic rings. The molecule has 1 aromatic carbocycles. The Morgan fingerprint density at radius 1 is 1.18 bits per heavy atom. The van der Waals surface area contributed by atoms with Gasteiger partial charge in [0.2, 0.25) is 0 Å². The molecule has 0 radical (unpaired) electrons. The summed E-state index contributed by atoms with van der Waals surface area (Å²) in [7, 11) is 0. The summed E-state index contributed by atoms with van der Waals surface area (Å²) in [6.45, 7) is 0. The highest BCUT2D eigenvalue weighted by molar-refractivity contribution is 5.78. The van der Waals surface area contributed by atoms with Crippen LogP contribution in [0.15, 0.2) is 47.4 Å². The fraction of sp³-hybridized carbons (Fsp3) is 0. The summed E-state index contributed by atoms with van der Waals surface area (Å²) in [4.78, 5) is 18.7. The number of rotatable bonds is 1. The second-order valence-corrected chi connectivity index (χ2v) is 3.69. The third-order valence-electron chi connectivity index (χ3n) is 2.65. The number of benzene rings is 1. The van der Waals surface area contributed by atoms with Crippen LogP contribution in [0.3, 0.4) is 0 Å². The average Bonchev–Trinajstić information content (AvgIpc) is 2.66. The quantitative estimate of drug-likeness (QED) is 0.656. The van der Waals surface area contributed by atoms with Crippen LogP contribution in [0.5, 0.6) is 0 Å². The van der Waals surface area contributed by atoms with E-state index in [4.69, 9.17) is 5.73 Å². The van der Waals surface area contributed by atoms with Gasteiger partial charge in [-0.2, -0.15) is 0 Å². The van der Waals surface area contributed by atoms with Crippen molar-refractivity contribution in [3.05, 3.63) is 53.1 Å². The molecule has 5 nitrogen and oxygen atoms in total. The molecule has 3 N–H and O–H groups in total. The molecule has 0 atom stereocenters. The van der Waals surface area contributed by atoms with Gasteiger partial charge >= 0.3 is 5.69 Å².